The minimum Gasteiger partial charge on any atom is -0.330 e. The number of imidazole rings is 1. The first-order valence-electron chi connectivity index (χ1n) is 9.48. The Morgan fingerprint density at radius 3 is 2.24 bits per heavy atom. The molecule has 7 nitrogen and oxygen atoms in total. The number of rotatable bonds is 6. The Labute approximate surface area is 204 Å². The van der Waals surface area contributed by atoms with Crippen LogP contribution in [0.15, 0.2) is 66.7 Å². The second kappa shape index (κ2) is 9.11. The van der Waals surface area contributed by atoms with E-state index in [2.05, 4.69) is 4.98 Å². The van der Waals surface area contributed by atoms with Crippen LogP contribution in [0.1, 0.15) is 11.1 Å². The van der Waals surface area contributed by atoms with Gasteiger partial charge in [0.25, 0.3) is 5.69 Å². The van der Waals surface area contributed by atoms with Crippen LogP contribution < -0.4 is 0 Å². The molecule has 1 heterocycles. The van der Waals surface area contributed by atoms with Gasteiger partial charge in [0.15, 0.2) is 14.6 Å². The molecule has 0 aliphatic carbocycles. The van der Waals surface area contributed by atoms with E-state index >= 15 is 0 Å². The third kappa shape index (κ3) is 5.01. The van der Waals surface area contributed by atoms with Gasteiger partial charge in [0.1, 0.15) is 0 Å². The highest BCUT2D eigenvalue weighted by atomic mass is 35.5. The third-order valence-electron chi connectivity index (χ3n) is 4.89. The number of benzene rings is 3. The van der Waals surface area contributed by atoms with Crippen molar-refractivity contribution < 1.29 is 13.3 Å². The SMILES string of the molecule is O=[N+]([O-])c1ccc2[nH]c(=S)n(C=C(c3ccc(Cl)cc3)S(=O)(=O)Cc3ccc(Cl)cc3)c2c1. The molecule has 0 bridgehead atoms. The molecule has 11 heteroatoms. The lowest BCUT2D eigenvalue weighted by molar-refractivity contribution is -0.384. The number of nitrogens with zero attached hydrogens (tertiary/aromatic N) is 2. The Kier molecular flexibility index (Phi) is 6.40. The van der Waals surface area contributed by atoms with Crippen molar-refractivity contribution >= 4 is 73.1 Å². The molecule has 0 aliphatic heterocycles. The van der Waals surface area contributed by atoms with Gasteiger partial charge in [-0.25, -0.2) is 8.42 Å². The number of nitrogens with one attached hydrogen (secondary N) is 1. The number of aromatic nitrogens is 2. The van der Waals surface area contributed by atoms with Gasteiger partial charge in [-0.2, -0.15) is 0 Å². The van der Waals surface area contributed by atoms with Crippen molar-refractivity contribution in [3.05, 3.63) is 103 Å². The first kappa shape index (κ1) is 23.2. The molecule has 1 N–H and O–H groups in total. The number of aromatic amines is 1. The number of halogens is 2. The summed E-state index contributed by atoms with van der Waals surface area (Å²) in [4.78, 5) is 13.7. The number of fused-ring (bicyclic) bond motifs is 1. The van der Waals surface area contributed by atoms with E-state index in [0.29, 0.717) is 32.2 Å². The number of H-pyrrole nitrogens is 1. The van der Waals surface area contributed by atoms with Crippen LogP contribution in [0.5, 0.6) is 0 Å². The van der Waals surface area contributed by atoms with Crippen LogP contribution in [-0.4, -0.2) is 22.9 Å². The van der Waals surface area contributed by atoms with Crippen molar-refractivity contribution in [1.29, 1.82) is 0 Å². The Balaban J connectivity index is 1.92. The zero-order valence-corrected chi connectivity index (χ0v) is 19.9. The standard InChI is InChI=1S/C22H15Cl2N3O4S2/c23-16-5-1-14(2-6-16)13-33(30,31)21(15-3-7-17(24)8-4-15)12-26-20-11-18(27(28)29)9-10-19(20)25-22(26)32/h1-12H,13H2,(H,25,32). The largest absolute Gasteiger partial charge is 0.330 e. The lowest BCUT2D eigenvalue weighted by Gasteiger charge is -2.11. The van der Waals surface area contributed by atoms with Gasteiger partial charge in [0.2, 0.25) is 0 Å². The Hall–Kier alpha value is -2.98. The van der Waals surface area contributed by atoms with Crippen molar-refractivity contribution in [2.24, 2.45) is 0 Å². The molecule has 1 aromatic heterocycles. The van der Waals surface area contributed by atoms with E-state index < -0.39 is 14.8 Å². The maximum absolute atomic E-state index is 13.5. The summed E-state index contributed by atoms with van der Waals surface area (Å²) in [6.45, 7) is 0. The van der Waals surface area contributed by atoms with Gasteiger partial charge in [-0.1, -0.05) is 47.5 Å². The highest BCUT2D eigenvalue weighted by Crippen LogP contribution is 2.29. The smallest absolute Gasteiger partial charge is 0.271 e. The topological polar surface area (TPSA) is 98.0 Å². The minimum atomic E-state index is -3.88. The maximum Gasteiger partial charge on any atom is 0.271 e. The molecule has 0 fully saturated rings. The third-order valence-corrected chi connectivity index (χ3v) is 7.42. The Morgan fingerprint density at radius 2 is 1.64 bits per heavy atom. The fourth-order valence-corrected chi connectivity index (χ4v) is 5.36. The molecule has 0 saturated carbocycles. The first-order chi connectivity index (χ1) is 15.6. The van der Waals surface area contributed by atoms with Crippen LogP contribution in [-0.2, 0) is 15.6 Å². The van der Waals surface area contributed by atoms with Crippen LogP contribution >= 0.6 is 35.4 Å². The fourth-order valence-electron chi connectivity index (χ4n) is 3.30. The molecule has 3 aromatic carbocycles. The van der Waals surface area contributed by atoms with E-state index in [4.69, 9.17) is 35.4 Å². The molecule has 0 atom stereocenters. The molecule has 0 spiro atoms. The molecule has 0 saturated heterocycles. The molecule has 33 heavy (non-hydrogen) atoms. The summed E-state index contributed by atoms with van der Waals surface area (Å²) in [5.74, 6) is -0.283. The van der Waals surface area contributed by atoms with Crippen LogP contribution in [0.4, 0.5) is 5.69 Å². The number of hydrogen-bond donors (Lipinski definition) is 1. The van der Waals surface area contributed by atoms with Crippen molar-refractivity contribution in [1.82, 2.24) is 9.55 Å². The summed E-state index contributed by atoms with van der Waals surface area (Å²) < 4.78 is 28.6. The molecule has 0 amide bonds. The molecule has 168 valence electrons. The lowest BCUT2D eigenvalue weighted by Crippen LogP contribution is -2.08. The molecule has 0 unspecified atom stereocenters. The lowest BCUT2D eigenvalue weighted by atomic mass is 10.2. The summed E-state index contributed by atoms with van der Waals surface area (Å²) in [5, 5.41) is 12.2. The second-order valence-electron chi connectivity index (χ2n) is 7.14. The number of hydrogen-bond acceptors (Lipinski definition) is 5. The second-order valence-corrected chi connectivity index (χ2v) is 10.4. The van der Waals surface area contributed by atoms with Crippen molar-refractivity contribution in [3.8, 4) is 0 Å². The van der Waals surface area contributed by atoms with Gasteiger partial charge >= 0.3 is 0 Å². The molecule has 0 aliphatic rings. The van der Waals surface area contributed by atoms with Gasteiger partial charge in [-0.05, 0) is 53.7 Å². The predicted molar refractivity (Wildman–Crippen MR) is 133 cm³/mol. The van der Waals surface area contributed by atoms with E-state index in [1.807, 2.05) is 0 Å². The number of nitro groups is 1. The van der Waals surface area contributed by atoms with Crippen LogP contribution in [0.3, 0.4) is 0 Å². The van der Waals surface area contributed by atoms with Gasteiger partial charge < -0.3 is 4.98 Å². The molecule has 4 aromatic rings. The molecule has 0 radical (unpaired) electrons. The van der Waals surface area contributed by atoms with Gasteiger partial charge in [-0.15, -0.1) is 0 Å². The normalized spacial score (nSPS) is 12.2. The van der Waals surface area contributed by atoms with Gasteiger partial charge in [0, 0.05) is 28.4 Å². The van der Waals surface area contributed by atoms with E-state index in [1.165, 1.54) is 29.0 Å². The van der Waals surface area contributed by atoms with E-state index in [-0.39, 0.29) is 21.1 Å². The average molecular weight is 520 g/mol. The van der Waals surface area contributed by atoms with Crippen LogP contribution in [0.25, 0.3) is 22.1 Å². The molecular formula is C22H15Cl2N3O4S2. The quantitative estimate of drug-likeness (QED) is 0.178. The summed E-state index contributed by atoms with van der Waals surface area (Å²) in [5.41, 5.74) is 1.72. The minimum absolute atomic E-state index is 0.0161. The van der Waals surface area contributed by atoms with Gasteiger partial charge in [0.05, 0.1) is 26.6 Å². The van der Waals surface area contributed by atoms with Gasteiger partial charge in [-0.3, -0.25) is 14.7 Å². The highest BCUT2D eigenvalue weighted by molar-refractivity contribution is 8.00. The van der Waals surface area contributed by atoms with Crippen molar-refractivity contribution in [2.75, 3.05) is 0 Å². The van der Waals surface area contributed by atoms with E-state index in [9.17, 15) is 18.5 Å². The number of sulfone groups is 1. The Bertz CT molecular complexity index is 1560. The van der Waals surface area contributed by atoms with Crippen molar-refractivity contribution in [2.45, 2.75) is 5.75 Å². The predicted octanol–water partition coefficient (Wildman–Crippen LogP) is 6.48. The fraction of sp³-hybridized carbons (Fsp3) is 0.0455. The Morgan fingerprint density at radius 1 is 1.03 bits per heavy atom. The maximum atomic E-state index is 13.5. The summed E-state index contributed by atoms with van der Waals surface area (Å²) in [7, 11) is -3.88. The van der Waals surface area contributed by atoms with E-state index in [1.54, 1.807) is 48.5 Å². The zero-order chi connectivity index (χ0) is 23.8. The van der Waals surface area contributed by atoms with Crippen LogP contribution in [0.2, 0.25) is 10.0 Å². The summed E-state index contributed by atoms with van der Waals surface area (Å²) >= 11 is 17.3. The van der Waals surface area contributed by atoms with E-state index in [0.717, 1.165) is 0 Å². The summed E-state index contributed by atoms with van der Waals surface area (Å²) in [6.07, 6.45) is 1.37. The molecule has 4 rings (SSSR count). The number of non-ortho nitro benzene ring substituents is 1. The number of nitro benzene ring substituents is 1. The first-order valence-corrected chi connectivity index (χ1v) is 12.3. The highest BCUT2D eigenvalue weighted by Gasteiger charge is 2.22. The monoisotopic (exact) mass is 519 g/mol. The van der Waals surface area contributed by atoms with Crippen LogP contribution in [0, 0.1) is 14.9 Å². The van der Waals surface area contributed by atoms with Crippen molar-refractivity contribution in [3.63, 3.8) is 0 Å². The summed E-state index contributed by atoms with van der Waals surface area (Å²) in [6, 6.07) is 17.1. The average Bonchev–Trinajstić information content (AvgIpc) is 3.08. The zero-order valence-electron chi connectivity index (χ0n) is 16.7. The molecular weight excluding hydrogens is 505 g/mol.